The number of fused-ring (bicyclic) bond motifs is 1. The zero-order valence-corrected chi connectivity index (χ0v) is 13.4. The number of nitrogens with zero attached hydrogens (tertiary/aromatic N) is 2. The molecule has 3 nitrogen and oxygen atoms in total. The SMILES string of the molecule is Cc1cc(N2CC[C@@H](c3ccccc3)C2)c2cc(N)ccc2n1. The van der Waals surface area contributed by atoms with Crippen molar-refractivity contribution in [2.24, 2.45) is 0 Å². The molecule has 0 bridgehead atoms. The monoisotopic (exact) mass is 303 g/mol. The maximum absolute atomic E-state index is 6.00. The van der Waals surface area contributed by atoms with Gasteiger partial charge in [-0.3, -0.25) is 4.98 Å². The molecule has 2 aromatic carbocycles. The van der Waals surface area contributed by atoms with Crippen LogP contribution in [-0.4, -0.2) is 18.1 Å². The van der Waals surface area contributed by atoms with Gasteiger partial charge in [-0.05, 0) is 43.2 Å². The van der Waals surface area contributed by atoms with E-state index in [-0.39, 0.29) is 0 Å². The largest absolute Gasteiger partial charge is 0.399 e. The van der Waals surface area contributed by atoms with Gasteiger partial charge in [-0.15, -0.1) is 0 Å². The fraction of sp³-hybridized carbons (Fsp3) is 0.250. The summed E-state index contributed by atoms with van der Waals surface area (Å²) in [5.74, 6) is 0.598. The minimum Gasteiger partial charge on any atom is -0.399 e. The first-order valence-corrected chi connectivity index (χ1v) is 8.17. The van der Waals surface area contributed by atoms with Crippen LogP contribution in [0.4, 0.5) is 11.4 Å². The van der Waals surface area contributed by atoms with Crippen LogP contribution in [-0.2, 0) is 0 Å². The van der Waals surface area contributed by atoms with Crippen molar-refractivity contribution in [3.05, 3.63) is 65.9 Å². The quantitative estimate of drug-likeness (QED) is 0.724. The highest BCUT2D eigenvalue weighted by molar-refractivity contribution is 5.94. The number of hydrogen-bond donors (Lipinski definition) is 1. The average molecular weight is 303 g/mol. The minimum atomic E-state index is 0.598. The molecule has 1 fully saturated rings. The molecule has 4 rings (SSSR count). The molecule has 2 heterocycles. The summed E-state index contributed by atoms with van der Waals surface area (Å²) >= 11 is 0. The molecule has 1 aliphatic heterocycles. The van der Waals surface area contributed by atoms with Gasteiger partial charge in [0, 0.05) is 41.5 Å². The van der Waals surface area contributed by atoms with Gasteiger partial charge >= 0.3 is 0 Å². The van der Waals surface area contributed by atoms with Gasteiger partial charge in [0.05, 0.1) is 5.52 Å². The molecule has 3 heteroatoms. The van der Waals surface area contributed by atoms with Crippen LogP contribution in [0.15, 0.2) is 54.6 Å². The van der Waals surface area contributed by atoms with Crippen molar-refractivity contribution < 1.29 is 0 Å². The normalized spacial score (nSPS) is 17.8. The van der Waals surface area contributed by atoms with Gasteiger partial charge in [0.2, 0.25) is 0 Å². The van der Waals surface area contributed by atoms with Crippen LogP contribution in [0.5, 0.6) is 0 Å². The number of nitrogen functional groups attached to an aromatic ring is 1. The lowest BCUT2D eigenvalue weighted by Gasteiger charge is -2.21. The van der Waals surface area contributed by atoms with E-state index in [0.717, 1.165) is 35.4 Å². The molecule has 0 radical (unpaired) electrons. The number of hydrogen-bond acceptors (Lipinski definition) is 3. The van der Waals surface area contributed by atoms with E-state index < -0.39 is 0 Å². The highest BCUT2D eigenvalue weighted by Gasteiger charge is 2.25. The molecule has 1 aromatic heterocycles. The molecule has 2 N–H and O–H groups in total. The Hall–Kier alpha value is -2.55. The van der Waals surface area contributed by atoms with Crippen LogP contribution in [0, 0.1) is 6.92 Å². The van der Waals surface area contributed by atoms with Gasteiger partial charge in [-0.1, -0.05) is 30.3 Å². The molecular weight excluding hydrogens is 282 g/mol. The summed E-state index contributed by atoms with van der Waals surface area (Å²) in [6.07, 6.45) is 1.19. The van der Waals surface area contributed by atoms with Crippen LogP contribution < -0.4 is 10.6 Å². The zero-order chi connectivity index (χ0) is 15.8. The summed E-state index contributed by atoms with van der Waals surface area (Å²) in [5, 5.41) is 1.16. The second-order valence-electron chi connectivity index (χ2n) is 6.40. The number of rotatable bonds is 2. The molecular formula is C20H21N3. The first-order chi connectivity index (χ1) is 11.2. The van der Waals surface area contributed by atoms with E-state index in [1.165, 1.54) is 17.7 Å². The van der Waals surface area contributed by atoms with E-state index in [1.807, 2.05) is 18.2 Å². The fourth-order valence-corrected chi connectivity index (χ4v) is 3.59. The van der Waals surface area contributed by atoms with Crippen molar-refractivity contribution >= 4 is 22.3 Å². The van der Waals surface area contributed by atoms with Crippen molar-refractivity contribution in [3.8, 4) is 0 Å². The molecule has 23 heavy (non-hydrogen) atoms. The van der Waals surface area contributed by atoms with E-state index >= 15 is 0 Å². The number of benzene rings is 2. The maximum atomic E-state index is 6.00. The Labute approximate surface area is 136 Å². The molecule has 3 aromatic rings. The van der Waals surface area contributed by atoms with Crippen molar-refractivity contribution in [3.63, 3.8) is 0 Å². The van der Waals surface area contributed by atoms with Crippen molar-refractivity contribution in [1.82, 2.24) is 4.98 Å². The Morgan fingerprint density at radius 3 is 2.74 bits per heavy atom. The lowest BCUT2D eigenvalue weighted by atomic mass is 9.99. The van der Waals surface area contributed by atoms with Crippen LogP contribution in [0.1, 0.15) is 23.6 Å². The number of nitrogens with two attached hydrogens (primary N) is 1. The molecule has 116 valence electrons. The summed E-state index contributed by atoms with van der Waals surface area (Å²) in [6.45, 7) is 4.19. The Balaban J connectivity index is 1.71. The maximum Gasteiger partial charge on any atom is 0.0727 e. The topological polar surface area (TPSA) is 42.1 Å². The van der Waals surface area contributed by atoms with E-state index in [1.54, 1.807) is 0 Å². The Morgan fingerprint density at radius 1 is 1.09 bits per heavy atom. The van der Waals surface area contributed by atoms with E-state index in [4.69, 9.17) is 5.73 Å². The van der Waals surface area contributed by atoms with Gasteiger partial charge in [-0.25, -0.2) is 0 Å². The zero-order valence-electron chi connectivity index (χ0n) is 13.4. The van der Waals surface area contributed by atoms with Crippen LogP contribution >= 0.6 is 0 Å². The van der Waals surface area contributed by atoms with E-state index in [9.17, 15) is 0 Å². The van der Waals surface area contributed by atoms with Crippen LogP contribution in [0.3, 0.4) is 0 Å². The third kappa shape index (κ3) is 2.63. The van der Waals surface area contributed by atoms with E-state index in [2.05, 4.69) is 53.2 Å². The van der Waals surface area contributed by atoms with Gasteiger partial charge in [0.1, 0.15) is 0 Å². The van der Waals surface area contributed by atoms with Crippen LogP contribution in [0.25, 0.3) is 10.9 Å². The van der Waals surface area contributed by atoms with Crippen LogP contribution in [0.2, 0.25) is 0 Å². The third-order valence-electron chi connectivity index (χ3n) is 4.74. The average Bonchev–Trinajstić information content (AvgIpc) is 3.05. The fourth-order valence-electron chi connectivity index (χ4n) is 3.59. The molecule has 0 unspecified atom stereocenters. The summed E-state index contributed by atoms with van der Waals surface area (Å²) in [5.41, 5.74) is 11.6. The van der Waals surface area contributed by atoms with Crippen molar-refractivity contribution in [1.29, 1.82) is 0 Å². The molecule has 0 spiro atoms. The highest BCUT2D eigenvalue weighted by Crippen LogP contribution is 2.35. The Morgan fingerprint density at radius 2 is 1.91 bits per heavy atom. The molecule has 0 saturated carbocycles. The molecule has 0 aliphatic carbocycles. The number of aryl methyl sites for hydroxylation is 1. The molecule has 1 aliphatic rings. The smallest absolute Gasteiger partial charge is 0.0727 e. The predicted molar refractivity (Wildman–Crippen MR) is 96.9 cm³/mol. The summed E-state index contributed by atoms with van der Waals surface area (Å²) in [6, 6.07) is 19.0. The molecule has 1 atom stereocenters. The summed E-state index contributed by atoms with van der Waals surface area (Å²) in [7, 11) is 0. The van der Waals surface area contributed by atoms with Crippen molar-refractivity contribution in [2.75, 3.05) is 23.7 Å². The van der Waals surface area contributed by atoms with Crippen molar-refractivity contribution in [2.45, 2.75) is 19.3 Å². The number of pyridine rings is 1. The molecule has 1 saturated heterocycles. The first-order valence-electron chi connectivity index (χ1n) is 8.17. The predicted octanol–water partition coefficient (Wildman–Crippen LogP) is 4.12. The second kappa shape index (κ2) is 5.58. The first kappa shape index (κ1) is 14.1. The van der Waals surface area contributed by atoms with Gasteiger partial charge in [0.25, 0.3) is 0 Å². The minimum absolute atomic E-state index is 0.598. The standard InChI is InChI=1S/C20H21N3/c1-14-11-20(18-12-17(21)7-8-19(18)22-14)23-10-9-16(13-23)15-5-3-2-4-6-15/h2-8,11-12,16H,9-10,13,21H2,1H3/t16-/m1/s1. The number of aromatic nitrogens is 1. The second-order valence-corrected chi connectivity index (χ2v) is 6.40. The highest BCUT2D eigenvalue weighted by atomic mass is 15.2. The Bertz CT molecular complexity index is 842. The lowest BCUT2D eigenvalue weighted by Crippen LogP contribution is -2.20. The molecule has 0 amide bonds. The van der Waals surface area contributed by atoms with E-state index in [0.29, 0.717) is 5.92 Å². The Kier molecular flexibility index (Phi) is 3.41. The lowest BCUT2D eigenvalue weighted by molar-refractivity contribution is 0.775. The van der Waals surface area contributed by atoms with Gasteiger partial charge in [0.15, 0.2) is 0 Å². The van der Waals surface area contributed by atoms with Gasteiger partial charge < -0.3 is 10.6 Å². The summed E-state index contributed by atoms with van der Waals surface area (Å²) in [4.78, 5) is 7.12. The van der Waals surface area contributed by atoms with Gasteiger partial charge in [-0.2, -0.15) is 0 Å². The summed E-state index contributed by atoms with van der Waals surface area (Å²) < 4.78 is 0. The third-order valence-corrected chi connectivity index (χ3v) is 4.74. The number of anilines is 2.